The Hall–Kier alpha value is -2.22. The molecule has 1 amide bonds. The number of hydrogen-bond donors (Lipinski definition) is 1. The zero-order valence-electron chi connectivity index (χ0n) is 18.2. The van der Waals surface area contributed by atoms with Crippen LogP contribution in [0, 0.1) is 0 Å². The maximum atomic E-state index is 13.4. The average Bonchev–Trinajstić information content (AvgIpc) is 3.10. The van der Waals surface area contributed by atoms with Gasteiger partial charge in [0.25, 0.3) is 5.91 Å². The number of carbonyl (C=O) groups is 1. The fourth-order valence-corrected chi connectivity index (χ4v) is 4.95. The Morgan fingerprint density at radius 2 is 1.88 bits per heavy atom. The molecule has 0 spiro atoms. The van der Waals surface area contributed by atoms with E-state index in [0.717, 1.165) is 11.3 Å². The number of hydrogen-bond acceptors (Lipinski definition) is 5. The Bertz CT molecular complexity index is 1040. The van der Waals surface area contributed by atoms with Crippen LogP contribution in [0.4, 0.5) is 5.69 Å². The van der Waals surface area contributed by atoms with E-state index in [0.29, 0.717) is 35.3 Å². The van der Waals surface area contributed by atoms with Crippen molar-refractivity contribution in [1.82, 2.24) is 4.90 Å². The number of rotatable bonds is 6. The first-order valence-corrected chi connectivity index (χ1v) is 11.7. The molecule has 1 N–H and O–H groups in total. The van der Waals surface area contributed by atoms with E-state index < -0.39 is 5.60 Å². The van der Waals surface area contributed by atoms with Crippen LogP contribution in [0.15, 0.2) is 54.2 Å². The Balaban J connectivity index is 1.57. The van der Waals surface area contributed by atoms with Gasteiger partial charge in [-0.25, -0.2) is 0 Å². The van der Waals surface area contributed by atoms with Crippen molar-refractivity contribution < 1.29 is 19.4 Å². The molecule has 4 rings (SSSR count). The molecule has 2 aromatic rings. The van der Waals surface area contributed by atoms with E-state index >= 15 is 0 Å². The third-order valence-electron chi connectivity index (χ3n) is 5.56. The summed E-state index contributed by atoms with van der Waals surface area (Å²) >= 11 is 9.82. The number of carbonyl (C=O) groups excluding carboxylic acids is 1. The highest BCUT2D eigenvalue weighted by Crippen LogP contribution is 2.42. The molecule has 0 bridgehead atoms. The van der Waals surface area contributed by atoms with Gasteiger partial charge in [-0.3, -0.25) is 4.79 Å². The fourth-order valence-electron chi connectivity index (χ4n) is 3.94. The number of aliphatic hydroxyl groups is 1. The van der Waals surface area contributed by atoms with Crippen LogP contribution in [0.5, 0.6) is 11.5 Å². The lowest BCUT2D eigenvalue weighted by Crippen LogP contribution is -2.49. The van der Waals surface area contributed by atoms with E-state index in [4.69, 9.17) is 21.1 Å². The van der Waals surface area contributed by atoms with Crippen molar-refractivity contribution in [3.8, 4) is 11.5 Å². The number of amides is 1. The highest BCUT2D eigenvalue weighted by Gasteiger charge is 2.41. The lowest BCUT2D eigenvalue weighted by atomic mass is 10.0. The summed E-state index contributed by atoms with van der Waals surface area (Å²) in [5.41, 5.74) is 1.56. The molecule has 32 heavy (non-hydrogen) atoms. The van der Waals surface area contributed by atoms with Crippen LogP contribution in [0.1, 0.15) is 25.3 Å². The maximum Gasteiger partial charge on any atom is 0.274 e. The van der Waals surface area contributed by atoms with Gasteiger partial charge in [0.2, 0.25) is 0 Å². The second-order valence-corrected chi connectivity index (χ2v) is 9.96. The van der Waals surface area contributed by atoms with Crippen LogP contribution in [-0.4, -0.2) is 53.3 Å². The first kappa shape index (κ1) is 23.0. The summed E-state index contributed by atoms with van der Waals surface area (Å²) in [5.74, 6) is 1.04. The number of piperazine rings is 1. The minimum absolute atomic E-state index is 0.0110. The molecule has 0 aliphatic carbocycles. The Morgan fingerprint density at radius 3 is 2.53 bits per heavy atom. The number of halogens is 2. The van der Waals surface area contributed by atoms with Crippen molar-refractivity contribution in [2.75, 3.05) is 31.7 Å². The van der Waals surface area contributed by atoms with Gasteiger partial charge < -0.3 is 24.4 Å². The van der Waals surface area contributed by atoms with Gasteiger partial charge in [0.1, 0.15) is 12.3 Å². The molecule has 2 atom stereocenters. The largest absolute Gasteiger partial charge is 0.493 e. The molecule has 0 saturated carbocycles. The molecular formula is C24H26BrClN2O4. The van der Waals surface area contributed by atoms with E-state index in [1.807, 2.05) is 36.4 Å². The van der Waals surface area contributed by atoms with Gasteiger partial charge in [0.05, 0.1) is 17.7 Å². The van der Waals surface area contributed by atoms with Crippen LogP contribution < -0.4 is 14.4 Å². The predicted octanol–water partition coefficient (Wildman–Crippen LogP) is 4.55. The van der Waals surface area contributed by atoms with Gasteiger partial charge in [0.15, 0.2) is 11.5 Å². The Kier molecular flexibility index (Phi) is 6.43. The third-order valence-corrected chi connectivity index (χ3v) is 6.88. The smallest absolute Gasteiger partial charge is 0.274 e. The first-order valence-electron chi connectivity index (χ1n) is 10.4. The molecule has 2 unspecified atom stereocenters. The predicted molar refractivity (Wildman–Crippen MR) is 129 cm³/mol. The van der Waals surface area contributed by atoms with Gasteiger partial charge >= 0.3 is 0 Å². The Morgan fingerprint density at radius 1 is 1.16 bits per heavy atom. The number of methoxy groups -OCH3 is 1. The number of alkyl halides is 1. The summed E-state index contributed by atoms with van der Waals surface area (Å²) in [7, 11) is 1.56. The van der Waals surface area contributed by atoms with Crippen LogP contribution in [0.2, 0.25) is 5.02 Å². The first-order chi connectivity index (χ1) is 15.2. The molecule has 2 heterocycles. The minimum atomic E-state index is -0.961. The molecule has 0 radical (unpaired) electrons. The summed E-state index contributed by atoms with van der Waals surface area (Å²) in [6.07, 6.45) is 2.02. The van der Waals surface area contributed by atoms with Crippen LogP contribution in [-0.2, 0) is 4.79 Å². The maximum absolute atomic E-state index is 13.4. The van der Waals surface area contributed by atoms with Crippen molar-refractivity contribution in [3.05, 3.63) is 64.8 Å². The fraction of sp³-hybridized carbons (Fsp3) is 0.375. The lowest BCUT2D eigenvalue weighted by molar-refractivity contribution is -0.117. The summed E-state index contributed by atoms with van der Waals surface area (Å²) in [6.45, 7) is 4.74. The second-order valence-electron chi connectivity index (χ2n) is 8.59. The molecule has 2 aliphatic heterocycles. The van der Waals surface area contributed by atoms with E-state index in [9.17, 15) is 9.90 Å². The summed E-state index contributed by atoms with van der Waals surface area (Å²) in [6, 6.07) is 13.1. The molecule has 8 heteroatoms. The molecule has 1 fully saturated rings. The van der Waals surface area contributed by atoms with Crippen LogP contribution in [0.3, 0.4) is 0 Å². The molecule has 6 nitrogen and oxygen atoms in total. The monoisotopic (exact) mass is 520 g/mol. The SMILES string of the molecule is COc1cc(N2CCN3C(=CC(c4ccc(Cl)cc4)C3Br)C2=O)ccc1OCC(C)(C)O. The quantitative estimate of drug-likeness (QED) is 0.446. The van der Waals surface area contributed by atoms with Crippen LogP contribution >= 0.6 is 27.5 Å². The standard InChI is InChI=1S/C24H26BrClN2O4/c1-24(2,30)14-32-20-9-8-17(12-21(20)31-3)27-10-11-28-19(23(27)29)13-18(22(28)25)15-4-6-16(26)7-5-15/h4-9,12-13,18,22,30H,10-11,14H2,1-3H3. The zero-order chi connectivity index (χ0) is 23.0. The highest BCUT2D eigenvalue weighted by atomic mass is 79.9. The van der Waals surface area contributed by atoms with Gasteiger partial charge in [-0.05, 0) is 49.8 Å². The summed E-state index contributed by atoms with van der Waals surface area (Å²) in [4.78, 5) is 17.3. The van der Waals surface area contributed by atoms with E-state index in [1.54, 1.807) is 38.0 Å². The zero-order valence-corrected chi connectivity index (χ0v) is 20.6. The third kappa shape index (κ3) is 4.60. The topological polar surface area (TPSA) is 62.2 Å². The van der Waals surface area contributed by atoms with Crippen molar-refractivity contribution in [3.63, 3.8) is 0 Å². The normalized spacial score (nSPS) is 20.8. The van der Waals surface area contributed by atoms with Crippen molar-refractivity contribution in [1.29, 1.82) is 0 Å². The van der Waals surface area contributed by atoms with Crippen molar-refractivity contribution in [2.24, 2.45) is 0 Å². The van der Waals surface area contributed by atoms with E-state index in [-0.39, 0.29) is 23.4 Å². The highest BCUT2D eigenvalue weighted by molar-refractivity contribution is 9.09. The molecular weight excluding hydrogens is 496 g/mol. The molecule has 0 aromatic heterocycles. The van der Waals surface area contributed by atoms with Crippen molar-refractivity contribution >= 4 is 39.1 Å². The van der Waals surface area contributed by atoms with Gasteiger partial charge in [-0.1, -0.05) is 39.7 Å². The number of fused-ring (bicyclic) bond motifs is 1. The van der Waals surface area contributed by atoms with Gasteiger partial charge in [-0.2, -0.15) is 0 Å². The van der Waals surface area contributed by atoms with E-state index in [2.05, 4.69) is 20.8 Å². The van der Waals surface area contributed by atoms with E-state index in [1.165, 1.54) is 0 Å². The minimum Gasteiger partial charge on any atom is -0.493 e. The van der Waals surface area contributed by atoms with Gasteiger partial charge in [0, 0.05) is 35.8 Å². The number of nitrogens with zero attached hydrogens (tertiary/aromatic N) is 2. The van der Waals surface area contributed by atoms with Crippen LogP contribution in [0.25, 0.3) is 0 Å². The number of anilines is 1. The second kappa shape index (κ2) is 8.96. The molecule has 2 aromatic carbocycles. The lowest BCUT2D eigenvalue weighted by Gasteiger charge is -2.37. The number of benzene rings is 2. The number of ether oxygens (including phenoxy) is 2. The van der Waals surface area contributed by atoms with Gasteiger partial charge in [-0.15, -0.1) is 0 Å². The van der Waals surface area contributed by atoms with Crippen molar-refractivity contribution in [2.45, 2.75) is 30.3 Å². The molecule has 2 aliphatic rings. The average molecular weight is 522 g/mol. The molecule has 170 valence electrons. The Labute approximate surface area is 201 Å². The molecule has 1 saturated heterocycles. The summed E-state index contributed by atoms with van der Waals surface area (Å²) in [5, 5.41) is 10.6. The summed E-state index contributed by atoms with van der Waals surface area (Å²) < 4.78 is 11.2.